The molecule has 0 unspecified atom stereocenters. The summed E-state index contributed by atoms with van der Waals surface area (Å²) in [5.41, 5.74) is 9.64. The van der Waals surface area contributed by atoms with Crippen LogP contribution in [0.1, 0.15) is 5.56 Å². The molecule has 25 heavy (non-hydrogen) atoms. The van der Waals surface area contributed by atoms with Gasteiger partial charge in [0.15, 0.2) is 0 Å². The number of nitrogens with zero attached hydrogens (tertiary/aromatic N) is 2. The zero-order valence-corrected chi connectivity index (χ0v) is 16.4. The molecule has 124 valence electrons. The first-order valence-electron chi connectivity index (χ1n) is 7.34. The largest absolute Gasteiger partial charge is 0.496 e. The molecule has 0 aliphatic carbocycles. The van der Waals surface area contributed by atoms with E-state index in [0.717, 1.165) is 31.4 Å². The van der Waals surface area contributed by atoms with Crippen molar-refractivity contribution >= 4 is 37.7 Å². The van der Waals surface area contributed by atoms with E-state index >= 15 is 0 Å². The SMILES string of the molecule is COc1ccc(-c2cc(-c3ccc(Br)cc3)nc(N)c2C#N)cc1Br. The van der Waals surface area contributed by atoms with Crippen molar-refractivity contribution in [1.29, 1.82) is 5.26 Å². The van der Waals surface area contributed by atoms with Crippen molar-refractivity contribution < 1.29 is 4.74 Å². The molecule has 1 aromatic heterocycles. The van der Waals surface area contributed by atoms with Crippen LogP contribution in [0, 0.1) is 11.3 Å². The third kappa shape index (κ3) is 3.53. The van der Waals surface area contributed by atoms with Crippen LogP contribution in [0.15, 0.2) is 57.5 Å². The number of hydrogen-bond donors (Lipinski definition) is 1. The van der Waals surface area contributed by atoms with Crippen molar-refractivity contribution in [3.05, 3.63) is 63.0 Å². The number of pyridine rings is 1. The highest BCUT2D eigenvalue weighted by Gasteiger charge is 2.14. The van der Waals surface area contributed by atoms with Gasteiger partial charge in [0, 0.05) is 15.6 Å². The molecule has 0 bridgehead atoms. The molecule has 0 saturated carbocycles. The maximum Gasteiger partial charge on any atom is 0.142 e. The number of methoxy groups -OCH3 is 1. The fraction of sp³-hybridized carbons (Fsp3) is 0.0526. The van der Waals surface area contributed by atoms with Gasteiger partial charge in [-0.3, -0.25) is 0 Å². The molecule has 3 rings (SSSR count). The van der Waals surface area contributed by atoms with Gasteiger partial charge in [-0.25, -0.2) is 4.98 Å². The van der Waals surface area contributed by atoms with Crippen LogP contribution in [0.5, 0.6) is 5.75 Å². The predicted octanol–water partition coefficient (Wildman–Crippen LogP) is 5.40. The third-order valence-electron chi connectivity index (χ3n) is 3.76. The van der Waals surface area contributed by atoms with E-state index in [9.17, 15) is 5.26 Å². The van der Waals surface area contributed by atoms with Gasteiger partial charge in [-0.05, 0) is 51.8 Å². The van der Waals surface area contributed by atoms with E-state index < -0.39 is 0 Å². The number of aromatic nitrogens is 1. The number of nitrogen functional groups attached to an aromatic ring is 1. The molecule has 2 N–H and O–H groups in total. The average Bonchev–Trinajstić information content (AvgIpc) is 2.61. The summed E-state index contributed by atoms with van der Waals surface area (Å²) in [5.74, 6) is 0.933. The van der Waals surface area contributed by atoms with Crippen molar-refractivity contribution in [1.82, 2.24) is 4.98 Å². The van der Waals surface area contributed by atoms with E-state index in [2.05, 4.69) is 42.9 Å². The van der Waals surface area contributed by atoms with Crippen molar-refractivity contribution in [3.8, 4) is 34.2 Å². The Balaban J connectivity index is 2.19. The van der Waals surface area contributed by atoms with Crippen LogP contribution >= 0.6 is 31.9 Å². The average molecular weight is 459 g/mol. The van der Waals surface area contributed by atoms with Gasteiger partial charge in [-0.1, -0.05) is 34.1 Å². The van der Waals surface area contributed by atoms with Gasteiger partial charge < -0.3 is 10.5 Å². The Morgan fingerprint density at radius 2 is 1.72 bits per heavy atom. The standard InChI is InChI=1S/C19H13Br2N3O/c1-25-18-7-4-12(8-16(18)21)14-9-17(24-19(23)15(14)10-22)11-2-5-13(20)6-3-11/h2-9H,1H3,(H2,23,24). The fourth-order valence-corrected chi connectivity index (χ4v) is 3.32. The number of anilines is 1. The first-order chi connectivity index (χ1) is 12.0. The molecule has 0 spiro atoms. The van der Waals surface area contributed by atoms with E-state index in [1.54, 1.807) is 7.11 Å². The van der Waals surface area contributed by atoms with Crippen LogP contribution < -0.4 is 10.5 Å². The number of nitrogens with two attached hydrogens (primary N) is 1. The summed E-state index contributed by atoms with van der Waals surface area (Å²) in [6, 6.07) is 17.5. The zero-order valence-electron chi connectivity index (χ0n) is 13.3. The first kappa shape index (κ1) is 17.5. The number of halogens is 2. The van der Waals surface area contributed by atoms with E-state index in [4.69, 9.17) is 10.5 Å². The predicted molar refractivity (Wildman–Crippen MR) is 106 cm³/mol. The molecule has 2 aromatic carbocycles. The molecule has 3 aromatic rings. The van der Waals surface area contributed by atoms with Crippen LogP contribution in [0.4, 0.5) is 5.82 Å². The Bertz CT molecular complexity index is 979. The van der Waals surface area contributed by atoms with Gasteiger partial charge in [-0.2, -0.15) is 5.26 Å². The topological polar surface area (TPSA) is 71.9 Å². The second kappa shape index (κ2) is 7.26. The lowest BCUT2D eigenvalue weighted by molar-refractivity contribution is 0.412. The lowest BCUT2D eigenvalue weighted by Crippen LogP contribution is -2.00. The van der Waals surface area contributed by atoms with Gasteiger partial charge in [0.05, 0.1) is 17.3 Å². The van der Waals surface area contributed by atoms with E-state index in [1.807, 2.05) is 48.5 Å². The van der Waals surface area contributed by atoms with Crippen LogP contribution in [-0.4, -0.2) is 12.1 Å². The molecular formula is C19H13Br2N3O. The van der Waals surface area contributed by atoms with Gasteiger partial charge >= 0.3 is 0 Å². The molecule has 0 radical (unpaired) electrons. The highest BCUT2D eigenvalue weighted by molar-refractivity contribution is 9.10. The Kier molecular flexibility index (Phi) is 5.07. The van der Waals surface area contributed by atoms with Gasteiger partial charge in [0.25, 0.3) is 0 Å². The van der Waals surface area contributed by atoms with Crippen LogP contribution in [0.2, 0.25) is 0 Å². The fourth-order valence-electron chi connectivity index (χ4n) is 2.51. The smallest absolute Gasteiger partial charge is 0.142 e. The zero-order chi connectivity index (χ0) is 18.0. The number of ether oxygens (including phenoxy) is 1. The van der Waals surface area contributed by atoms with Gasteiger partial charge in [-0.15, -0.1) is 0 Å². The minimum Gasteiger partial charge on any atom is -0.496 e. The third-order valence-corrected chi connectivity index (χ3v) is 4.91. The van der Waals surface area contributed by atoms with Crippen molar-refractivity contribution in [2.45, 2.75) is 0 Å². The first-order valence-corrected chi connectivity index (χ1v) is 8.92. The van der Waals surface area contributed by atoms with Crippen LogP contribution in [-0.2, 0) is 0 Å². The highest BCUT2D eigenvalue weighted by Crippen LogP contribution is 2.35. The summed E-state index contributed by atoms with van der Waals surface area (Å²) in [6.07, 6.45) is 0. The van der Waals surface area contributed by atoms with Crippen LogP contribution in [0.3, 0.4) is 0 Å². The minimum atomic E-state index is 0.213. The molecule has 4 nitrogen and oxygen atoms in total. The van der Waals surface area contributed by atoms with E-state index in [-0.39, 0.29) is 5.82 Å². The van der Waals surface area contributed by atoms with Crippen molar-refractivity contribution in [3.63, 3.8) is 0 Å². The van der Waals surface area contributed by atoms with E-state index in [1.165, 1.54) is 0 Å². The summed E-state index contributed by atoms with van der Waals surface area (Å²) >= 11 is 6.90. The Morgan fingerprint density at radius 3 is 2.32 bits per heavy atom. The van der Waals surface area contributed by atoms with E-state index in [0.29, 0.717) is 11.3 Å². The molecule has 6 heteroatoms. The van der Waals surface area contributed by atoms with Gasteiger partial charge in [0.2, 0.25) is 0 Å². The number of benzene rings is 2. The summed E-state index contributed by atoms with van der Waals surface area (Å²) in [5, 5.41) is 9.52. The Labute approximate surface area is 162 Å². The lowest BCUT2D eigenvalue weighted by atomic mass is 9.98. The Morgan fingerprint density at radius 1 is 1.04 bits per heavy atom. The molecule has 0 fully saturated rings. The molecule has 0 aliphatic rings. The Hall–Kier alpha value is -2.36. The second-order valence-electron chi connectivity index (χ2n) is 5.28. The van der Waals surface area contributed by atoms with Crippen LogP contribution in [0.25, 0.3) is 22.4 Å². The summed E-state index contributed by atoms with van der Waals surface area (Å²) in [7, 11) is 1.61. The number of hydrogen-bond acceptors (Lipinski definition) is 4. The molecular weight excluding hydrogens is 446 g/mol. The maximum absolute atomic E-state index is 9.52. The lowest BCUT2D eigenvalue weighted by Gasteiger charge is -2.12. The molecule has 0 atom stereocenters. The number of nitriles is 1. The summed E-state index contributed by atoms with van der Waals surface area (Å²) in [6.45, 7) is 0. The highest BCUT2D eigenvalue weighted by atomic mass is 79.9. The monoisotopic (exact) mass is 457 g/mol. The van der Waals surface area contributed by atoms with Gasteiger partial charge in [0.1, 0.15) is 23.2 Å². The minimum absolute atomic E-state index is 0.213. The quantitative estimate of drug-likeness (QED) is 0.570. The number of rotatable bonds is 3. The molecule has 1 heterocycles. The molecule has 0 amide bonds. The summed E-state index contributed by atoms with van der Waals surface area (Å²) in [4.78, 5) is 4.39. The summed E-state index contributed by atoms with van der Waals surface area (Å²) < 4.78 is 7.05. The maximum atomic E-state index is 9.52. The van der Waals surface area contributed by atoms with Crippen molar-refractivity contribution in [2.75, 3.05) is 12.8 Å². The molecule has 0 aliphatic heterocycles. The normalized spacial score (nSPS) is 10.3. The second-order valence-corrected chi connectivity index (χ2v) is 7.05. The molecule has 0 saturated heterocycles. The van der Waals surface area contributed by atoms with Crippen molar-refractivity contribution in [2.24, 2.45) is 0 Å².